The smallest absolute Gasteiger partial charge is 0.142 e. The van der Waals surface area contributed by atoms with E-state index in [0.717, 1.165) is 0 Å². The lowest BCUT2D eigenvalue weighted by Gasteiger charge is -2.14. The number of nitrogen functional groups attached to an aromatic ring is 1. The number of hydrogen-bond donors (Lipinski definition) is 1. The van der Waals surface area contributed by atoms with Crippen LogP contribution in [0.2, 0.25) is 0 Å². The molecule has 1 aromatic carbocycles. The molecular formula is C10H14FNO2. The van der Waals surface area contributed by atoms with E-state index in [9.17, 15) is 4.39 Å². The number of benzene rings is 1. The van der Waals surface area contributed by atoms with Gasteiger partial charge in [0, 0.05) is 13.2 Å². The molecule has 1 rings (SSSR count). The van der Waals surface area contributed by atoms with Crippen LogP contribution in [0.3, 0.4) is 0 Å². The average molecular weight is 199 g/mol. The van der Waals surface area contributed by atoms with Crippen molar-refractivity contribution in [3.05, 3.63) is 24.0 Å². The first-order valence-corrected chi connectivity index (χ1v) is 4.34. The van der Waals surface area contributed by atoms with E-state index < -0.39 is 0 Å². The zero-order valence-corrected chi connectivity index (χ0v) is 8.29. The molecule has 1 aromatic rings. The van der Waals surface area contributed by atoms with E-state index in [2.05, 4.69) is 0 Å². The van der Waals surface area contributed by atoms with Crippen molar-refractivity contribution in [1.29, 1.82) is 0 Å². The number of ether oxygens (including phenoxy) is 2. The summed E-state index contributed by atoms with van der Waals surface area (Å²) in [5, 5.41) is 0. The van der Waals surface area contributed by atoms with Gasteiger partial charge in [0.25, 0.3) is 0 Å². The van der Waals surface area contributed by atoms with Gasteiger partial charge < -0.3 is 15.2 Å². The minimum Gasteiger partial charge on any atom is -0.486 e. The molecule has 0 aliphatic carbocycles. The van der Waals surface area contributed by atoms with Gasteiger partial charge in [0.1, 0.15) is 17.7 Å². The number of rotatable bonds is 4. The van der Waals surface area contributed by atoms with Crippen molar-refractivity contribution in [2.24, 2.45) is 0 Å². The molecule has 0 aliphatic rings. The molecule has 0 aliphatic heterocycles. The van der Waals surface area contributed by atoms with Crippen molar-refractivity contribution in [1.82, 2.24) is 0 Å². The van der Waals surface area contributed by atoms with Crippen LogP contribution < -0.4 is 10.5 Å². The molecule has 0 saturated carbocycles. The summed E-state index contributed by atoms with van der Waals surface area (Å²) in [7, 11) is 1.59. The Morgan fingerprint density at radius 1 is 1.50 bits per heavy atom. The molecule has 2 N–H and O–H groups in total. The van der Waals surface area contributed by atoms with E-state index >= 15 is 0 Å². The van der Waals surface area contributed by atoms with Gasteiger partial charge in [-0.25, -0.2) is 4.39 Å². The Hall–Kier alpha value is -1.29. The number of halogens is 1. The Balaban J connectivity index is 2.67. The van der Waals surface area contributed by atoms with E-state index in [-0.39, 0.29) is 11.9 Å². The second-order valence-electron chi connectivity index (χ2n) is 3.07. The van der Waals surface area contributed by atoms with Crippen LogP contribution in [0, 0.1) is 5.82 Å². The van der Waals surface area contributed by atoms with E-state index in [4.69, 9.17) is 15.2 Å². The summed E-state index contributed by atoms with van der Waals surface area (Å²) in [6, 6.07) is 4.05. The van der Waals surface area contributed by atoms with Gasteiger partial charge >= 0.3 is 0 Å². The van der Waals surface area contributed by atoms with Crippen molar-refractivity contribution in [2.75, 3.05) is 19.5 Å². The summed E-state index contributed by atoms with van der Waals surface area (Å²) in [4.78, 5) is 0. The lowest BCUT2D eigenvalue weighted by Crippen LogP contribution is -2.18. The standard InChI is InChI=1S/C10H14FNO2/c1-7(6-13-2)14-10-4-3-8(11)5-9(10)12/h3-5,7H,6,12H2,1-2H3. The second kappa shape index (κ2) is 4.81. The maximum atomic E-state index is 12.7. The highest BCUT2D eigenvalue weighted by atomic mass is 19.1. The minimum atomic E-state index is -0.366. The normalized spacial score (nSPS) is 12.5. The van der Waals surface area contributed by atoms with E-state index in [0.29, 0.717) is 18.0 Å². The molecule has 3 nitrogen and oxygen atoms in total. The summed E-state index contributed by atoms with van der Waals surface area (Å²) in [6.07, 6.45) is -0.104. The fourth-order valence-corrected chi connectivity index (χ4v) is 1.11. The molecule has 0 aromatic heterocycles. The molecule has 14 heavy (non-hydrogen) atoms. The Bertz CT molecular complexity index is 304. The predicted octanol–water partition coefficient (Wildman–Crippen LogP) is 1.82. The maximum Gasteiger partial charge on any atom is 0.142 e. The highest BCUT2D eigenvalue weighted by Crippen LogP contribution is 2.22. The second-order valence-corrected chi connectivity index (χ2v) is 3.07. The van der Waals surface area contributed by atoms with Crippen LogP contribution in [0.25, 0.3) is 0 Å². The van der Waals surface area contributed by atoms with Crippen LogP contribution in [-0.4, -0.2) is 19.8 Å². The Morgan fingerprint density at radius 3 is 2.79 bits per heavy atom. The summed E-state index contributed by atoms with van der Waals surface area (Å²) >= 11 is 0. The Morgan fingerprint density at radius 2 is 2.21 bits per heavy atom. The number of anilines is 1. The van der Waals surface area contributed by atoms with Crippen LogP contribution in [0.5, 0.6) is 5.75 Å². The van der Waals surface area contributed by atoms with Crippen LogP contribution in [0.4, 0.5) is 10.1 Å². The van der Waals surface area contributed by atoms with Gasteiger partial charge in [-0.1, -0.05) is 0 Å². The third kappa shape index (κ3) is 2.88. The van der Waals surface area contributed by atoms with Gasteiger partial charge in [0.2, 0.25) is 0 Å². The van der Waals surface area contributed by atoms with Gasteiger partial charge in [0.15, 0.2) is 0 Å². The third-order valence-electron chi connectivity index (χ3n) is 1.70. The quantitative estimate of drug-likeness (QED) is 0.752. The highest BCUT2D eigenvalue weighted by molar-refractivity contribution is 5.52. The molecule has 4 heteroatoms. The first kappa shape index (κ1) is 10.8. The van der Waals surface area contributed by atoms with Gasteiger partial charge in [-0.3, -0.25) is 0 Å². The molecule has 1 atom stereocenters. The fourth-order valence-electron chi connectivity index (χ4n) is 1.11. The van der Waals surface area contributed by atoms with Gasteiger partial charge in [-0.05, 0) is 19.1 Å². The highest BCUT2D eigenvalue weighted by Gasteiger charge is 2.06. The van der Waals surface area contributed by atoms with Crippen LogP contribution in [0.1, 0.15) is 6.92 Å². The van der Waals surface area contributed by atoms with Crippen LogP contribution in [0.15, 0.2) is 18.2 Å². The molecule has 0 fully saturated rings. The first-order chi connectivity index (χ1) is 6.63. The topological polar surface area (TPSA) is 44.5 Å². The Kier molecular flexibility index (Phi) is 3.71. The number of methoxy groups -OCH3 is 1. The van der Waals surface area contributed by atoms with Gasteiger partial charge in [-0.15, -0.1) is 0 Å². The van der Waals surface area contributed by atoms with Crippen LogP contribution in [-0.2, 0) is 4.74 Å². The largest absolute Gasteiger partial charge is 0.486 e. The van der Waals surface area contributed by atoms with Crippen molar-refractivity contribution in [3.8, 4) is 5.75 Å². The van der Waals surface area contributed by atoms with Crippen LogP contribution >= 0.6 is 0 Å². The summed E-state index contributed by atoms with van der Waals surface area (Å²) in [5.41, 5.74) is 5.86. The van der Waals surface area contributed by atoms with Crippen molar-refractivity contribution < 1.29 is 13.9 Å². The monoisotopic (exact) mass is 199 g/mol. The summed E-state index contributed by atoms with van der Waals surface area (Å²) in [6.45, 7) is 2.32. The molecule has 0 amide bonds. The molecule has 0 heterocycles. The maximum absolute atomic E-state index is 12.7. The lowest BCUT2D eigenvalue weighted by molar-refractivity contribution is 0.0925. The van der Waals surface area contributed by atoms with Gasteiger partial charge in [-0.2, -0.15) is 0 Å². The first-order valence-electron chi connectivity index (χ1n) is 4.34. The van der Waals surface area contributed by atoms with E-state index in [1.807, 2.05) is 6.92 Å². The summed E-state index contributed by atoms with van der Waals surface area (Å²) in [5.74, 6) is 0.116. The van der Waals surface area contributed by atoms with Crippen molar-refractivity contribution in [2.45, 2.75) is 13.0 Å². The molecule has 0 bridgehead atoms. The molecule has 1 unspecified atom stereocenters. The summed E-state index contributed by atoms with van der Waals surface area (Å²) < 4.78 is 23.0. The third-order valence-corrected chi connectivity index (χ3v) is 1.70. The lowest BCUT2D eigenvalue weighted by atomic mass is 10.3. The molecule has 0 spiro atoms. The zero-order chi connectivity index (χ0) is 10.6. The van der Waals surface area contributed by atoms with Crippen molar-refractivity contribution in [3.63, 3.8) is 0 Å². The molecule has 78 valence electrons. The molecule has 0 radical (unpaired) electrons. The SMILES string of the molecule is COCC(C)Oc1ccc(F)cc1N. The molecular weight excluding hydrogens is 185 g/mol. The molecule has 0 saturated heterocycles. The number of nitrogens with two attached hydrogens (primary N) is 1. The zero-order valence-electron chi connectivity index (χ0n) is 8.29. The minimum absolute atomic E-state index is 0.104. The van der Waals surface area contributed by atoms with E-state index in [1.165, 1.54) is 18.2 Å². The number of hydrogen-bond acceptors (Lipinski definition) is 3. The van der Waals surface area contributed by atoms with Gasteiger partial charge in [0.05, 0.1) is 12.3 Å². The average Bonchev–Trinajstić information content (AvgIpc) is 2.10. The Labute approximate surface area is 82.6 Å². The van der Waals surface area contributed by atoms with E-state index in [1.54, 1.807) is 7.11 Å². The predicted molar refractivity (Wildman–Crippen MR) is 52.8 cm³/mol. The van der Waals surface area contributed by atoms with Crippen molar-refractivity contribution >= 4 is 5.69 Å². The fraction of sp³-hybridized carbons (Fsp3) is 0.400.